The summed E-state index contributed by atoms with van der Waals surface area (Å²) in [7, 11) is 0. The molecule has 1 aromatic carbocycles. The van der Waals surface area contributed by atoms with Crippen molar-refractivity contribution < 1.29 is 0 Å². The lowest BCUT2D eigenvalue weighted by Crippen LogP contribution is -2.10. The third-order valence-corrected chi connectivity index (χ3v) is 6.30. The number of nitrogens with two attached hydrogens (primary N) is 2. The van der Waals surface area contributed by atoms with Crippen LogP contribution in [-0.4, -0.2) is 17.3 Å². The minimum Gasteiger partial charge on any atom is -0.330 e. The summed E-state index contributed by atoms with van der Waals surface area (Å²) in [5.41, 5.74) is 14.3. The third kappa shape index (κ3) is 3.54. The minimum absolute atomic E-state index is 0.0644. The fourth-order valence-corrected chi connectivity index (χ4v) is 5.02. The zero-order valence-corrected chi connectivity index (χ0v) is 14.4. The third-order valence-electron chi connectivity index (χ3n) is 3.98. The summed E-state index contributed by atoms with van der Waals surface area (Å²) in [6, 6.07) is 8.64. The normalized spacial score (nSPS) is 15.0. The van der Waals surface area contributed by atoms with Gasteiger partial charge in [-0.1, -0.05) is 31.0 Å². The molecule has 118 valence electrons. The van der Waals surface area contributed by atoms with Gasteiger partial charge in [0.05, 0.1) is 11.7 Å². The Bertz CT molecular complexity index is 624. The Morgan fingerprint density at radius 3 is 2.91 bits per heavy atom. The number of nitrogens with zero attached hydrogens (tertiary/aromatic N) is 1. The van der Waals surface area contributed by atoms with Gasteiger partial charge in [-0.3, -0.25) is 0 Å². The van der Waals surface area contributed by atoms with Crippen LogP contribution in [0.15, 0.2) is 29.2 Å². The maximum absolute atomic E-state index is 6.36. The average molecular weight is 334 g/mol. The number of hydrogen-bond donors (Lipinski definition) is 2. The Balaban J connectivity index is 1.78. The van der Waals surface area contributed by atoms with E-state index in [1.165, 1.54) is 15.3 Å². The van der Waals surface area contributed by atoms with Gasteiger partial charge >= 0.3 is 0 Å². The number of fused-ring (bicyclic) bond motifs is 3. The van der Waals surface area contributed by atoms with Crippen molar-refractivity contribution in [2.75, 3.05) is 12.3 Å². The van der Waals surface area contributed by atoms with E-state index in [4.69, 9.17) is 16.5 Å². The fraction of sp³-hybridized carbons (Fsp3) is 0.471. The molecule has 22 heavy (non-hydrogen) atoms. The first-order valence-electron chi connectivity index (χ1n) is 7.97. The van der Waals surface area contributed by atoms with Crippen molar-refractivity contribution in [3.05, 3.63) is 34.2 Å². The number of benzene rings is 1. The standard InChI is InChI=1S/C17H23N3S2/c18-10-5-1-2-7-13(19)17-20-16-12-6-3-4-8-14(12)21-11-9-15(16)22-17/h3-4,6,8,13H,1-2,5,7,9-11,18-19H2. The molecule has 2 heterocycles. The second kappa shape index (κ2) is 7.59. The second-order valence-electron chi connectivity index (χ2n) is 5.66. The topological polar surface area (TPSA) is 64.9 Å². The van der Waals surface area contributed by atoms with Crippen LogP contribution in [0.4, 0.5) is 0 Å². The fourth-order valence-electron chi connectivity index (χ4n) is 2.76. The molecule has 3 rings (SSSR count). The van der Waals surface area contributed by atoms with Crippen LogP contribution >= 0.6 is 23.1 Å². The lowest BCUT2D eigenvalue weighted by molar-refractivity contribution is 0.571. The summed E-state index contributed by atoms with van der Waals surface area (Å²) in [5, 5.41) is 1.10. The average Bonchev–Trinajstić information content (AvgIpc) is 2.88. The van der Waals surface area contributed by atoms with Crippen molar-refractivity contribution in [2.24, 2.45) is 11.5 Å². The summed E-state index contributed by atoms with van der Waals surface area (Å²) in [6.45, 7) is 0.773. The molecule has 3 nitrogen and oxygen atoms in total. The van der Waals surface area contributed by atoms with E-state index in [0.29, 0.717) is 0 Å². The number of aryl methyl sites for hydroxylation is 1. The number of thiazole rings is 1. The van der Waals surface area contributed by atoms with Gasteiger partial charge in [-0.25, -0.2) is 4.98 Å². The van der Waals surface area contributed by atoms with Crippen LogP contribution in [0, 0.1) is 0 Å². The van der Waals surface area contributed by atoms with Crippen LogP contribution in [0.3, 0.4) is 0 Å². The Hall–Kier alpha value is -0.880. The Labute approximate surface area is 140 Å². The van der Waals surface area contributed by atoms with Crippen LogP contribution in [0.5, 0.6) is 0 Å². The second-order valence-corrected chi connectivity index (χ2v) is 7.91. The number of unbranched alkanes of at least 4 members (excludes halogenated alkanes) is 2. The summed E-state index contributed by atoms with van der Waals surface area (Å²) in [4.78, 5) is 7.64. The first-order chi connectivity index (χ1) is 10.8. The van der Waals surface area contributed by atoms with Gasteiger partial charge in [0.15, 0.2) is 0 Å². The highest BCUT2D eigenvalue weighted by Crippen LogP contribution is 2.40. The summed E-state index contributed by atoms with van der Waals surface area (Å²) < 4.78 is 0. The van der Waals surface area contributed by atoms with Gasteiger partial charge in [0.25, 0.3) is 0 Å². The molecule has 0 amide bonds. The molecule has 0 bridgehead atoms. The maximum Gasteiger partial charge on any atom is 0.110 e. The van der Waals surface area contributed by atoms with E-state index in [0.717, 1.165) is 55.1 Å². The smallest absolute Gasteiger partial charge is 0.110 e. The van der Waals surface area contributed by atoms with Gasteiger partial charge in [-0.2, -0.15) is 0 Å². The molecule has 4 N–H and O–H groups in total. The SMILES string of the molecule is NCCCCCC(N)c1nc2c(s1)CCSc1ccccc1-2. The zero-order chi connectivity index (χ0) is 15.4. The van der Waals surface area contributed by atoms with Gasteiger partial charge in [-0.05, 0) is 31.9 Å². The van der Waals surface area contributed by atoms with Crippen LogP contribution in [0.25, 0.3) is 11.3 Å². The molecule has 0 saturated carbocycles. The van der Waals surface area contributed by atoms with Crippen LogP contribution in [0.1, 0.15) is 41.6 Å². The van der Waals surface area contributed by atoms with E-state index in [9.17, 15) is 0 Å². The van der Waals surface area contributed by atoms with Crippen molar-refractivity contribution in [2.45, 2.75) is 43.0 Å². The molecule has 1 unspecified atom stereocenters. The number of rotatable bonds is 6. The molecule has 0 aliphatic carbocycles. The first-order valence-corrected chi connectivity index (χ1v) is 9.77. The summed E-state index contributed by atoms with van der Waals surface area (Å²) in [6.07, 6.45) is 5.48. The van der Waals surface area contributed by atoms with E-state index in [1.54, 1.807) is 0 Å². The maximum atomic E-state index is 6.36. The molecule has 1 aromatic heterocycles. The van der Waals surface area contributed by atoms with Gasteiger partial charge in [-0.15, -0.1) is 23.1 Å². The van der Waals surface area contributed by atoms with Gasteiger partial charge in [0.1, 0.15) is 5.01 Å². The largest absolute Gasteiger partial charge is 0.330 e. The molecule has 1 aliphatic heterocycles. The Morgan fingerprint density at radius 2 is 2.05 bits per heavy atom. The number of thioether (sulfide) groups is 1. The summed E-state index contributed by atoms with van der Waals surface area (Å²) in [5.74, 6) is 1.12. The number of aromatic nitrogens is 1. The molecule has 0 fully saturated rings. The Kier molecular flexibility index (Phi) is 5.52. The molecule has 1 atom stereocenters. The molecule has 0 spiro atoms. The first kappa shape index (κ1) is 16.0. The number of hydrogen-bond acceptors (Lipinski definition) is 5. The van der Waals surface area contributed by atoms with Crippen molar-refractivity contribution >= 4 is 23.1 Å². The van der Waals surface area contributed by atoms with Gasteiger partial charge < -0.3 is 11.5 Å². The van der Waals surface area contributed by atoms with Crippen molar-refractivity contribution in [1.82, 2.24) is 4.98 Å². The van der Waals surface area contributed by atoms with E-state index in [1.807, 2.05) is 23.1 Å². The van der Waals surface area contributed by atoms with Crippen LogP contribution in [0.2, 0.25) is 0 Å². The Morgan fingerprint density at radius 1 is 1.18 bits per heavy atom. The zero-order valence-electron chi connectivity index (χ0n) is 12.8. The van der Waals surface area contributed by atoms with E-state index < -0.39 is 0 Å². The highest BCUT2D eigenvalue weighted by molar-refractivity contribution is 7.99. The van der Waals surface area contributed by atoms with E-state index in [-0.39, 0.29) is 6.04 Å². The van der Waals surface area contributed by atoms with E-state index in [2.05, 4.69) is 24.3 Å². The van der Waals surface area contributed by atoms with Gasteiger partial charge in [0, 0.05) is 21.1 Å². The molecular weight excluding hydrogens is 310 g/mol. The van der Waals surface area contributed by atoms with Crippen molar-refractivity contribution in [3.8, 4) is 11.3 Å². The lowest BCUT2D eigenvalue weighted by Gasteiger charge is -2.08. The highest BCUT2D eigenvalue weighted by atomic mass is 32.2. The quantitative estimate of drug-likeness (QED) is 0.785. The predicted octanol–water partition coefficient (Wildman–Crippen LogP) is 3.98. The molecule has 1 aliphatic rings. The molecule has 2 aromatic rings. The van der Waals surface area contributed by atoms with Gasteiger partial charge in [0.2, 0.25) is 0 Å². The minimum atomic E-state index is 0.0644. The molecule has 0 radical (unpaired) electrons. The van der Waals surface area contributed by atoms with Crippen molar-refractivity contribution in [1.29, 1.82) is 0 Å². The van der Waals surface area contributed by atoms with Crippen LogP contribution in [-0.2, 0) is 6.42 Å². The lowest BCUT2D eigenvalue weighted by atomic mass is 10.1. The highest BCUT2D eigenvalue weighted by Gasteiger charge is 2.21. The molecule has 5 heteroatoms. The molecular formula is C17H23N3S2. The van der Waals surface area contributed by atoms with Crippen molar-refractivity contribution in [3.63, 3.8) is 0 Å². The predicted molar refractivity (Wildman–Crippen MR) is 96.4 cm³/mol. The molecule has 0 saturated heterocycles. The monoisotopic (exact) mass is 333 g/mol. The van der Waals surface area contributed by atoms with E-state index >= 15 is 0 Å². The summed E-state index contributed by atoms with van der Waals surface area (Å²) >= 11 is 3.74. The van der Waals surface area contributed by atoms with Crippen LogP contribution < -0.4 is 11.5 Å².